The number of benzene rings is 1. The molecule has 0 bridgehead atoms. The summed E-state index contributed by atoms with van der Waals surface area (Å²) in [4.78, 5) is 14.3. The van der Waals surface area contributed by atoms with Crippen LogP contribution in [0.5, 0.6) is 0 Å². The number of carbonyl (C=O) groups excluding carboxylic acids is 1. The molecule has 2 rings (SSSR count). The molecule has 0 aromatic heterocycles. The summed E-state index contributed by atoms with van der Waals surface area (Å²) in [6.07, 6.45) is 2.18. The molecular formula is C15H20ClFN2O2. The van der Waals surface area contributed by atoms with Gasteiger partial charge in [-0.25, -0.2) is 4.39 Å². The fraction of sp³-hybridized carbons (Fsp3) is 0.533. The molecular weight excluding hydrogens is 295 g/mol. The van der Waals surface area contributed by atoms with Crippen molar-refractivity contribution in [2.75, 3.05) is 33.4 Å². The number of nitrogens with one attached hydrogen (secondary N) is 1. The summed E-state index contributed by atoms with van der Waals surface area (Å²) < 4.78 is 18.3. The highest BCUT2D eigenvalue weighted by molar-refractivity contribution is 6.31. The molecule has 1 amide bonds. The van der Waals surface area contributed by atoms with E-state index in [1.54, 1.807) is 12.0 Å². The minimum atomic E-state index is -0.519. The largest absolute Gasteiger partial charge is 0.383 e. The van der Waals surface area contributed by atoms with Gasteiger partial charge >= 0.3 is 0 Å². The van der Waals surface area contributed by atoms with E-state index in [4.69, 9.17) is 16.3 Å². The Hall–Kier alpha value is -1.17. The normalized spacial score (nSPS) is 18.0. The van der Waals surface area contributed by atoms with Gasteiger partial charge in [-0.1, -0.05) is 11.6 Å². The van der Waals surface area contributed by atoms with E-state index < -0.39 is 5.82 Å². The van der Waals surface area contributed by atoms with Gasteiger partial charge in [0.05, 0.1) is 11.6 Å². The van der Waals surface area contributed by atoms with E-state index >= 15 is 0 Å². The van der Waals surface area contributed by atoms with Crippen LogP contribution in [-0.2, 0) is 4.74 Å². The van der Waals surface area contributed by atoms with Gasteiger partial charge in [0.2, 0.25) is 0 Å². The number of hydrogen-bond donors (Lipinski definition) is 1. The third kappa shape index (κ3) is 4.40. The number of hydrogen-bond acceptors (Lipinski definition) is 3. The third-order valence-electron chi connectivity index (χ3n) is 3.62. The maximum atomic E-state index is 13.2. The first-order chi connectivity index (χ1) is 10.1. The Morgan fingerprint density at radius 3 is 3.00 bits per heavy atom. The summed E-state index contributed by atoms with van der Waals surface area (Å²) >= 11 is 5.75. The van der Waals surface area contributed by atoms with Gasteiger partial charge < -0.3 is 15.0 Å². The minimum absolute atomic E-state index is 0.0356. The zero-order chi connectivity index (χ0) is 15.2. The predicted molar refractivity (Wildman–Crippen MR) is 80.2 cm³/mol. The van der Waals surface area contributed by atoms with Crippen LogP contribution in [0.1, 0.15) is 23.2 Å². The monoisotopic (exact) mass is 314 g/mol. The molecule has 1 aromatic rings. The van der Waals surface area contributed by atoms with Gasteiger partial charge in [-0.15, -0.1) is 0 Å². The van der Waals surface area contributed by atoms with Gasteiger partial charge in [0.15, 0.2) is 0 Å². The summed E-state index contributed by atoms with van der Waals surface area (Å²) in [6, 6.07) is 4.37. The van der Waals surface area contributed by atoms with Crippen LogP contribution in [0, 0.1) is 5.82 Å². The van der Waals surface area contributed by atoms with Crippen molar-refractivity contribution in [2.45, 2.75) is 18.9 Å². The lowest BCUT2D eigenvalue weighted by atomic mass is 10.1. The molecule has 1 N–H and O–H groups in total. The van der Waals surface area contributed by atoms with E-state index in [2.05, 4.69) is 5.32 Å². The predicted octanol–water partition coefficient (Wildman–Crippen LogP) is 2.32. The van der Waals surface area contributed by atoms with Gasteiger partial charge in [0, 0.05) is 31.8 Å². The van der Waals surface area contributed by atoms with Crippen molar-refractivity contribution in [2.24, 2.45) is 0 Å². The Labute approximate surface area is 129 Å². The molecule has 0 aliphatic carbocycles. The number of rotatable bonds is 6. The Morgan fingerprint density at radius 1 is 1.57 bits per heavy atom. The van der Waals surface area contributed by atoms with Crippen LogP contribution >= 0.6 is 11.6 Å². The van der Waals surface area contributed by atoms with E-state index in [0.29, 0.717) is 31.3 Å². The topological polar surface area (TPSA) is 41.6 Å². The molecule has 1 fully saturated rings. The van der Waals surface area contributed by atoms with Crippen molar-refractivity contribution in [1.29, 1.82) is 0 Å². The molecule has 4 nitrogen and oxygen atoms in total. The standard InChI is InChI=1S/C15H20ClFN2O2/c1-21-8-7-19(10-12-3-2-6-18-12)15(20)11-4-5-14(17)13(16)9-11/h4-5,9,12,18H,2-3,6-8,10H2,1H3. The lowest BCUT2D eigenvalue weighted by Crippen LogP contribution is -2.42. The first-order valence-electron chi connectivity index (χ1n) is 7.08. The number of ether oxygens (including phenoxy) is 1. The van der Waals surface area contributed by atoms with E-state index in [1.807, 2.05) is 0 Å². The van der Waals surface area contributed by atoms with Crippen LogP contribution < -0.4 is 5.32 Å². The SMILES string of the molecule is COCCN(CC1CCCN1)C(=O)c1ccc(F)c(Cl)c1. The molecule has 1 heterocycles. The minimum Gasteiger partial charge on any atom is -0.383 e. The molecule has 0 radical (unpaired) electrons. The first-order valence-corrected chi connectivity index (χ1v) is 7.46. The fourth-order valence-electron chi connectivity index (χ4n) is 2.47. The summed E-state index contributed by atoms with van der Waals surface area (Å²) in [7, 11) is 1.60. The number of methoxy groups -OCH3 is 1. The Kier molecular flexibility index (Phi) is 5.96. The van der Waals surface area contributed by atoms with Crippen molar-refractivity contribution < 1.29 is 13.9 Å². The second-order valence-electron chi connectivity index (χ2n) is 5.17. The van der Waals surface area contributed by atoms with E-state index in [0.717, 1.165) is 19.4 Å². The molecule has 0 saturated carbocycles. The molecule has 1 unspecified atom stereocenters. The molecule has 1 saturated heterocycles. The Balaban J connectivity index is 2.09. The lowest BCUT2D eigenvalue weighted by Gasteiger charge is -2.26. The number of amides is 1. The van der Waals surface area contributed by atoms with Gasteiger partial charge in [0.1, 0.15) is 5.82 Å². The highest BCUT2D eigenvalue weighted by atomic mass is 35.5. The summed E-state index contributed by atoms with van der Waals surface area (Å²) in [5.74, 6) is -0.670. The number of nitrogens with zero attached hydrogens (tertiary/aromatic N) is 1. The van der Waals surface area contributed by atoms with Gasteiger partial charge in [-0.3, -0.25) is 4.79 Å². The molecule has 6 heteroatoms. The van der Waals surface area contributed by atoms with E-state index in [1.165, 1.54) is 18.2 Å². The molecule has 116 valence electrons. The quantitative estimate of drug-likeness (QED) is 0.876. The summed E-state index contributed by atoms with van der Waals surface area (Å²) in [5.41, 5.74) is 0.399. The first kappa shape index (κ1) is 16.2. The Morgan fingerprint density at radius 2 is 2.38 bits per heavy atom. The van der Waals surface area contributed by atoms with Crippen molar-refractivity contribution in [3.05, 3.63) is 34.6 Å². The molecule has 1 aromatic carbocycles. The zero-order valence-corrected chi connectivity index (χ0v) is 12.8. The average molecular weight is 315 g/mol. The van der Waals surface area contributed by atoms with Crippen LogP contribution in [0.4, 0.5) is 4.39 Å². The summed E-state index contributed by atoms with van der Waals surface area (Å²) in [6.45, 7) is 2.58. The molecule has 0 spiro atoms. The lowest BCUT2D eigenvalue weighted by molar-refractivity contribution is 0.0679. The van der Waals surface area contributed by atoms with Crippen LogP contribution in [0.3, 0.4) is 0 Å². The molecule has 1 aliphatic rings. The van der Waals surface area contributed by atoms with Gasteiger partial charge in [-0.05, 0) is 37.6 Å². The molecule has 1 aliphatic heterocycles. The molecule has 21 heavy (non-hydrogen) atoms. The zero-order valence-electron chi connectivity index (χ0n) is 12.1. The van der Waals surface area contributed by atoms with Crippen molar-refractivity contribution in [1.82, 2.24) is 10.2 Å². The highest BCUT2D eigenvalue weighted by Gasteiger charge is 2.22. The van der Waals surface area contributed by atoms with Gasteiger partial charge in [-0.2, -0.15) is 0 Å². The number of halogens is 2. The van der Waals surface area contributed by atoms with Crippen molar-refractivity contribution in [3.8, 4) is 0 Å². The van der Waals surface area contributed by atoms with Gasteiger partial charge in [0.25, 0.3) is 5.91 Å². The Bertz CT molecular complexity index is 493. The average Bonchev–Trinajstić information content (AvgIpc) is 2.98. The summed E-state index contributed by atoms with van der Waals surface area (Å²) in [5, 5.41) is 3.33. The second-order valence-corrected chi connectivity index (χ2v) is 5.57. The van der Waals surface area contributed by atoms with Crippen LogP contribution in [0.15, 0.2) is 18.2 Å². The third-order valence-corrected chi connectivity index (χ3v) is 3.91. The van der Waals surface area contributed by atoms with Crippen molar-refractivity contribution >= 4 is 17.5 Å². The van der Waals surface area contributed by atoms with Crippen molar-refractivity contribution in [3.63, 3.8) is 0 Å². The van der Waals surface area contributed by atoms with E-state index in [-0.39, 0.29) is 10.9 Å². The highest BCUT2D eigenvalue weighted by Crippen LogP contribution is 2.18. The maximum absolute atomic E-state index is 13.2. The van der Waals surface area contributed by atoms with Crippen LogP contribution in [0.2, 0.25) is 5.02 Å². The molecule has 1 atom stereocenters. The van der Waals surface area contributed by atoms with Crippen LogP contribution in [-0.4, -0.2) is 50.2 Å². The smallest absolute Gasteiger partial charge is 0.254 e. The maximum Gasteiger partial charge on any atom is 0.254 e. The second kappa shape index (κ2) is 7.73. The van der Waals surface area contributed by atoms with E-state index in [9.17, 15) is 9.18 Å². The van der Waals surface area contributed by atoms with Crippen LogP contribution in [0.25, 0.3) is 0 Å². The number of carbonyl (C=O) groups is 1. The fourth-order valence-corrected chi connectivity index (χ4v) is 2.65.